The van der Waals surface area contributed by atoms with Gasteiger partial charge < -0.3 is 10.2 Å². The van der Waals surface area contributed by atoms with Gasteiger partial charge in [-0.2, -0.15) is 0 Å². The van der Waals surface area contributed by atoms with E-state index in [2.05, 4.69) is 10.3 Å². The lowest BCUT2D eigenvalue weighted by molar-refractivity contribution is -0.117. The maximum absolute atomic E-state index is 11.7. The van der Waals surface area contributed by atoms with Crippen LogP contribution in [0.3, 0.4) is 0 Å². The number of hydrogen-bond acceptors (Lipinski definition) is 3. The van der Waals surface area contributed by atoms with Crippen LogP contribution in [0, 0.1) is 0 Å². The van der Waals surface area contributed by atoms with Crippen LogP contribution in [-0.2, 0) is 11.3 Å². The molecule has 1 fully saturated rings. The normalized spacial score (nSPS) is 14.6. The average molecular weight is 267 g/mol. The summed E-state index contributed by atoms with van der Waals surface area (Å²) >= 11 is 0. The quantitative estimate of drug-likeness (QED) is 0.926. The Morgan fingerprint density at radius 1 is 1.20 bits per heavy atom. The molecule has 1 aliphatic heterocycles. The van der Waals surface area contributed by atoms with Gasteiger partial charge in [0.1, 0.15) is 0 Å². The van der Waals surface area contributed by atoms with Gasteiger partial charge >= 0.3 is 0 Å². The molecule has 0 saturated carbocycles. The summed E-state index contributed by atoms with van der Waals surface area (Å²) < 4.78 is 0. The number of hydrogen-bond donors (Lipinski definition) is 1. The van der Waals surface area contributed by atoms with Crippen molar-refractivity contribution in [2.75, 3.05) is 16.8 Å². The zero-order chi connectivity index (χ0) is 13.8. The summed E-state index contributed by atoms with van der Waals surface area (Å²) in [5.74, 6) is 0.223. The largest absolute Gasteiger partial charge is 0.381 e. The van der Waals surface area contributed by atoms with E-state index in [1.165, 1.54) is 0 Å². The van der Waals surface area contributed by atoms with E-state index in [1.54, 1.807) is 6.20 Å². The van der Waals surface area contributed by atoms with E-state index in [1.807, 2.05) is 47.5 Å². The van der Waals surface area contributed by atoms with Crippen molar-refractivity contribution in [3.05, 3.63) is 54.4 Å². The number of amides is 1. The molecule has 1 amide bonds. The Bertz CT molecular complexity index is 580. The van der Waals surface area contributed by atoms with Gasteiger partial charge in [0, 0.05) is 43.3 Å². The average Bonchev–Trinajstić information content (AvgIpc) is 2.93. The predicted octanol–water partition coefficient (Wildman–Crippen LogP) is 2.82. The molecule has 2 heterocycles. The molecule has 1 aromatic heterocycles. The monoisotopic (exact) mass is 267 g/mol. The lowest BCUT2D eigenvalue weighted by Gasteiger charge is -2.16. The highest BCUT2D eigenvalue weighted by atomic mass is 16.2. The van der Waals surface area contributed by atoms with Gasteiger partial charge in [-0.1, -0.05) is 6.07 Å². The molecule has 0 unspecified atom stereocenters. The molecule has 4 heteroatoms. The van der Waals surface area contributed by atoms with Gasteiger partial charge in [-0.15, -0.1) is 0 Å². The number of nitrogens with zero attached hydrogens (tertiary/aromatic N) is 2. The minimum Gasteiger partial charge on any atom is -0.381 e. The number of aromatic nitrogens is 1. The number of pyridine rings is 1. The SMILES string of the molecule is O=C1CCCN1c1ccc(NCc2cccnc2)cc1. The van der Waals surface area contributed by atoms with E-state index < -0.39 is 0 Å². The summed E-state index contributed by atoms with van der Waals surface area (Å²) in [5.41, 5.74) is 3.18. The second kappa shape index (κ2) is 5.74. The molecule has 0 spiro atoms. The molecule has 0 radical (unpaired) electrons. The Morgan fingerprint density at radius 3 is 2.70 bits per heavy atom. The summed E-state index contributed by atoms with van der Waals surface area (Å²) in [6.07, 6.45) is 5.25. The Kier molecular flexibility index (Phi) is 3.63. The fraction of sp³-hybridized carbons (Fsp3) is 0.250. The van der Waals surface area contributed by atoms with Gasteiger partial charge in [0.25, 0.3) is 0 Å². The van der Waals surface area contributed by atoms with Crippen molar-refractivity contribution >= 4 is 17.3 Å². The van der Waals surface area contributed by atoms with E-state index in [9.17, 15) is 4.79 Å². The van der Waals surface area contributed by atoms with Gasteiger partial charge in [0.15, 0.2) is 0 Å². The van der Waals surface area contributed by atoms with Gasteiger partial charge in [0.05, 0.1) is 0 Å². The molecule has 2 aromatic rings. The molecule has 4 nitrogen and oxygen atoms in total. The van der Waals surface area contributed by atoms with Crippen molar-refractivity contribution in [1.82, 2.24) is 4.98 Å². The van der Waals surface area contributed by atoms with Crippen molar-refractivity contribution in [2.24, 2.45) is 0 Å². The van der Waals surface area contributed by atoms with Crippen molar-refractivity contribution < 1.29 is 4.79 Å². The summed E-state index contributed by atoms with van der Waals surface area (Å²) in [6, 6.07) is 12.0. The number of nitrogens with one attached hydrogen (secondary N) is 1. The summed E-state index contributed by atoms with van der Waals surface area (Å²) in [6.45, 7) is 1.58. The summed E-state index contributed by atoms with van der Waals surface area (Å²) in [5, 5.41) is 3.35. The Balaban J connectivity index is 1.63. The van der Waals surface area contributed by atoms with Crippen LogP contribution in [0.5, 0.6) is 0 Å². The van der Waals surface area contributed by atoms with Crippen molar-refractivity contribution in [3.63, 3.8) is 0 Å². The van der Waals surface area contributed by atoms with E-state index in [4.69, 9.17) is 0 Å². The van der Waals surface area contributed by atoms with Crippen LogP contribution in [0.1, 0.15) is 18.4 Å². The molecule has 1 N–H and O–H groups in total. The minimum atomic E-state index is 0.223. The van der Waals surface area contributed by atoms with Crippen LogP contribution in [0.25, 0.3) is 0 Å². The minimum absolute atomic E-state index is 0.223. The van der Waals surface area contributed by atoms with Crippen LogP contribution < -0.4 is 10.2 Å². The maximum Gasteiger partial charge on any atom is 0.227 e. The fourth-order valence-electron chi connectivity index (χ4n) is 2.39. The summed E-state index contributed by atoms with van der Waals surface area (Å²) in [4.78, 5) is 17.6. The van der Waals surface area contributed by atoms with Gasteiger partial charge in [-0.05, 0) is 42.3 Å². The molecule has 0 atom stereocenters. The van der Waals surface area contributed by atoms with Gasteiger partial charge in [-0.25, -0.2) is 0 Å². The number of carbonyl (C=O) groups is 1. The standard InChI is InChI=1S/C16H17N3O/c20-16-4-2-10-19(16)15-7-5-14(6-8-15)18-12-13-3-1-9-17-11-13/h1,3,5-9,11,18H,2,4,10,12H2. The van der Waals surface area contributed by atoms with E-state index in [-0.39, 0.29) is 5.91 Å². The molecule has 1 saturated heterocycles. The number of rotatable bonds is 4. The Labute approximate surface area is 118 Å². The zero-order valence-electron chi connectivity index (χ0n) is 11.2. The molecule has 20 heavy (non-hydrogen) atoms. The highest BCUT2D eigenvalue weighted by Crippen LogP contribution is 2.23. The van der Waals surface area contributed by atoms with Crippen LogP contribution >= 0.6 is 0 Å². The van der Waals surface area contributed by atoms with Crippen LogP contribution in [0.2, 0.25) is 0 Å². The molecule has 0 bridgehead atoms. The smallest absolute Gasteiger partial charge is 0.227 e. The number of anilines is 2. The first-order chi connectivity index (χ1) is 9.83. The molecule has 0 aliphatic carbocycles. The van der Waals surface area contributed by atoms with Gasteiger partial charge in [0.2, 0.25) is 5.91 Å². The first kappa shape index (κ1) is 12.7. The lowest BCUT2D eigenvalue weighted by Crippen LogP contribution is -2.23. The zero-order valence-corrected chi connectivity index (χ0v) is 11.2. The van der Waals surface area contributed by atoms with E-state index in [0.717, 1.165) is 36.4 Å². The lowest BCUT2D eigenvalue weighted by atomic mass is 10.2. The molecular formula is C16H17N3O. The number of benzene rings is 1. The third-order valence-electron chi connectivity index (χ3n) is 3.47. The Morgan fingerprint density at radius 2 is 2.05 bits per heavy atom. The third-order valence-corrected chi connectivity index (χ3v) is 3.47. The Hall–Kier alpha value is -2.36. The molecular weight excluding hydrogens is 250 g/mol. The van der Waals surface area contributed by atoms with Crippen molar-refractivity contribution in [2.45, 2.75) is 19.4 Å². The predicted molar refractivity (Wildman–Crippen MR) is 79.6 cm³/mol. The van der Waals surface area contributed by atoms with E-state index >= 15 is 0 Å². The molecule has 3 rings (SSSR count). The topological polar surface area (TPSA) is 45.2 Å². The molecule has 1 aromatic carbocycles. The first-order valence-electron chi connectivity index (χ1n) is 6.86. The van der Waals surface area contributed by atoms with Crippen molar-refractivity contribution in [3.8, 4) is 0 Å². The second-order valence-electron chi connectivity index (χ2n) is 4.91. The highest BCUT2D eigenvalue weighted by molar-refractivity contribution is 5.95. The fourth-order valence-corrected chi connectivity index (χ4v) is 2.39. The van der Waals surface area contributed by atoms with Crippen LogP contribution in [-0.4, -0.2) is 17.4 Å². The van der Waals surface area contributed by atoms with E-state index in [0.29, 0.717) is 6.42 Å². The first-order valence-corrected chi connectivity index (χ1v) is 6.86. The molecule has 1 aliphatic rings. The van der Waals surface area contributed by atoms with Crippen LogP contribution in [0.4, 0.5) is 11.4 Å². The maximum atomic E-state index is 11.7. The summed E-state index contributed by atoms with van der Waals surface area (Å²) in [7, 11) is 0. The van der Waals surface area contributed by atoms with Gasteiger partial charge in [-0.3, -0.25) is 9.78 Å². The highest BCUT2D eigenvalue weighted by Gasteiger charge is 2.21. The second-order valence-corrected chi connectivity index (χ2v) is 4.91. The van der Waals surface area contributed by atoms with Crippen molar-refractivity contribution in [1.29, 1.82) is 0 Å². The third kappa shape index (κ3) is 2.79. The molecule has 102 valence electrons. The van der Waals surface area contributed by atoms with Crippen LogP contribution in [0.15, 0.2) is 48.8 Å². The number of carbonyl (C=O) groups excluding carboxylic acids is 1.